The molecule has 5 heteroatoms. The second-order valence-corrected chi connectivity index (χ2v) is 4.83. The Morgan fingerprint density at radius 2 is 2.11 bits per heavy atom. The Hall–Kier alpha value is -1.46. The summed E-state index contributed by atoms with van der Waals surface area (Å²) in [5.41, 5.74) is 6.22. The van der Waals surface area contributed by atoms with Crippen LogP contribution in [0, 0.1) is 11.7 Å². The van der Waals surface area contributed by atoms with Crippen LogP contribution in [0.2, 0.25) is 0 Å². The number of benzene rings is 1. The van der Waals surface area contributed by atoms with Gasteiger partial charge in [-0.3, -0.25) is 4.79 Å². The van der Waals surface area contributed by atoms with Crippen LogP contribution in [0.5, 0.6) is 0 Å². The number of nitrogens with one attached hydrogen (secondary N) is 1. The van der Waals surface area contributed by atoms with Crippen molar-refractivity contribution in [2.24, 2.45) is 11.7 Å². The lowest BCUT2D eigenvalue weighted by atomic mass is 10.1. The predicted molar refractivity (Wildman–Crippen MR) is 71.2 cm³/mol. The smallest absolute Gasteiger partial charge is 0.250 e. The highest BCUT2D eigenvalue weighted by Gasteiger charge is 2.27. The fraction of sp³-hybridized carbons (Fsp3) is 0.500. The number of anilines is 1. The molecule has 104 valence electrons. The Bertz CT molecular complexity index is 422. The second-order valence-electron chi connectivity index (χ2n) is 4.83. The molecule has 0 saturated heterocycles. The zero-order valence-corrected chi connectivity index (χ0v) is 10.8. The van der Waals surface area contributed by atoms with E-state index in [0.717, 1.165) is 19.3 Å². The number of carbonyl (C=O) groups excluding carboxylic acids is 1. The van der Waals surface area contributed by atoms with Gasteiger partial charge in [0, 0.05) is 5.69 Å². The van der Waals surface area contributed by atoms with Crippen LogP contribution < -0.4 is 11.1 Å². The zero-order valence-electron chi connectivity index (χ0n) is 10.8. The molecule has 1 amide bonds. The minimum atomic E-state index is -0.328. The molecule has 1 aromatic carbocycles. The molecule has 2 rings (SSSR count). The van der Waals surface area contributed by atoms with Gasteiger partial charge in [-0.25, -0.2) is 4.39 Å². The van der Waals surface area contributed by atoms with Gasteiger partial charge in [0.25, 0.3) is 0 Å². The summed E-state index contributed by atoms with van der Waals surface area (Å²) in [6.45, 7) is 0.614. The maximum absolute atomic E-state index is 12.7. The highest BCUT2D eigenvalue weighted by Crippen LogP contribution is 2.27. The summed E-state index contributed by atoms with van der Waals surface area (Å²) in [5, 5.41) is 2.66. The summed E-state index contributed by atoms with van der Waals surface area (Å²) < 4.78 is 18.3. The van der Waals surface area contributed by atoms with Crippen LogP contribution in [0.4, 0.5) is 10.1 Å². The molecule has 0 aromatic heterocycles. The molecule has 0 aliphatic heterocycles. The van der Waals surface area contributed by atoms with Gasteiger partial charge in [-0.2, -0.15) is 0 Å². The summed E-state index contributed by atoms with van der Waals surface area (Å²) in [6, 6.07) is 5.65. The summed E-state index contributed by atoms with van der Waals surface area (Å²) in [6.07, 6.45) is 3.22. The number of carbonyl (C=O) groups is 1. The molecule has 2 atom stereocenters. The molecule has 1 aliphatic rings. The highest BCUT2D eigenvalue weighted by molar-refractivity contribution is 5.91. The van der Waals surface area contributed by atoms with Gasteiger partial charge in [0.15, 0.2) is 0 Å². The molecule has 4 nitrogen and oxygen atoms in total. The maximum atomic E-state index is 12.7. The Morgan fingerprint density at radius 1 is 1.37 bits per heavy atom. The number of rotatable bonds is 5. The molecule has 19 heavy (non-hydrogen) atoms. The van der Waals surface area contributed by atoms with Crippen LogP contribution in [0.3, 0.4) is 0 Å². The van der Waals surface area contributed by atoms with Crippen molar-refractivity contribution in [3.63, 3.8) is 0 Å². The number of hydrogen-bond donors (Lipinski definition) is 2. The molecular weight excluding hydrogens is 247 g/mol. The topological polar surface area (TPSA) is 64.3 Å². The van der Waals surface area contributed by atoms with Crippen molar-refractivity contribution in [1.29, 1.82) is 0 Å². The van der Waals surface area contributed by atoms with Crippen molar-refractivity contribution in [2.75, 3.05) is 18.5 Å². The molecule has 1 aromatic rings. The molecular formula is C14H19FN2O2. The molecule has 1 saturated carbocycles. The van der Waals surface area contributed by atoms with Crippen molar-refractivity contribution in [1.82, 2.24) is 0 Å². The van der Waals surface area contributed by atoms with E-state index in [-0.39, 0.29) is 24.4 Å². The van der Waals surface area contributed by atoms with Gasteiger partial charge < -0.3 is 15.8 Å². The van der Waals surface area contributed by atoms with E-state index in [1.54, 1.807) is 0 Å². The first-order valence-corrected chi connectivity index (χ1v) is 6.56. The minimum absolute atomic E-state index is 0.0124. The highest BCUT2D eigenvalue weighted by atomic mass is 19.1. The number of hydrogen-bond acceptors (Lipinski definition) is 3. The predicted octanol–water partition coefficient (Wildman–Crippen LogP) is 1.91. The van der Waals surface area contributed by atoms with Crippen LogP contribution in [0.1, 0.15) is 19.3 Å². The van der Waals surface area contributed by atoms with E-state index in [4.69, 9.17) is 10.5 Å². The van der Waals surface area contributed by atoms with Gasteiger partial charge in [-0.05, 0) is 49.6 Å². The van der Waals surface area contributed by atoms with E-state index in [0.29, 0.717) is 18.2 Å². The van der Waals surface area contributed by atoms with E-state index in [9.17, 15) is 9.18 Å². The lowest BCUT2D eigenvalue weighted by molar-refractivity contribution is -0.123. The van der Waals surface area contributed by atoms with Crippen LogP contribution >= 0.6 is 0 Å². The first-order chi connectivity index (χ1) is 9.19. The first kappa shape index (κ1) is 14.0. The van der Waals surface area contributed by atoms with E-state index < -0.39 is 0 Å². The third-order valence-corrected chi connectivity index (χ3v) is 3.45. The van der Waals surface area contributed by atoms with E-state index in [2.05, 4.69) is 5.32 Å². The average Bonchev–Trinajstić information content (AvgIpc) is 2.86. The zero-order chi connectivity index (χ0) is 13.7. The monoisotopic (exact) mass is 266 g/mol. The standard InChI is InChI=1S/C14H19FN2O2/c15-11-4-6-12(7-5-11)17-14(18)9-19-13-3-1-2-10(13)8-16/h4-7,10,13H,1-3,8-9,16H2,(H,17,18). The lowest BCUT2D eigenvalue weighted by Gasteiger charge is -2.18. The Morgan fingerprint density at radius 3 is 2.79 bits per heavy atom. The van der Waals surface area contributed by atoms with Crippen molar-refractivity contribution in [3.05, 3.63) is 30.1 Å². The number of halogens is 1. The van der Waals surface area contributed by atoms with Crippen LogP contribution in [0.25, 0.3) is 0 Å². The van der Waals surface area contributed by atoms with Crippen LogP contribution in [-0.2, 0) is 9.53 Å². The Kier molecular flexibility index (Phi) is 4.87. The third kappa shape index (κ3) is 4.01. The van der Waals surface area contributed by atoms with Crippen LogP contribution in [-0.4, -0.2) is 25.2 Å². The maximum Gasteiger partial charge on any atom is 0.250 e. The molecule has 0 spiro atoms. The van der Waals surface area contributed by atoms with Gasteiger partial charge in [0.1, 0.15) is 12.4 Å². The van der Waals surface area contributed by atoms with E-state index in [1.165, 1.54) is 24.3 Å². The molecule has 2 unspecified atom stereocenters. The molecule has 1 aliphatic carbocycles. The molecule has 1 fully saturated rings. The van der Waals surface area contributed by atoms with Gasteiger partial charge in [-0.1, -0.05) is 6.42 Å². The first-order valence-electron chi connectivity index (χ1n) is 6.56. The van der Waals surface area contributed by atoms with Crippen molar-refractivity contribution in [3.8, 4) is 0 Å². The Balaban J connectivity index is 1.77. The molecule has 0 heterocycles. The quantitative estimate of drug-likeness (QED) is 0.855. The van der Waals surface area contributed by atoms with Gasteiger partial charge in [0.05, 0.1) is 6.10 Å². The molecule has 0 radical (unpaired) electrons. The molecule has 3 N–H and O–H groups in total. The van der Waals surface area contributed by atoms with Crippen LogP contribution in [0.15, 0.2) is 24.3 Å². The average molecular weight is 266 g/mol. The lowest BCUT2D eigenvalue weighted by Crippen LogP contribution is -2.29. The van der Waals surface area contributed by atoms with Gasteiger partial charge in [-0.15, -0.1) is 0 Å². The van der Waals surface area contributed by atoms with Gasteiger partial charge in [0.2, 0.25) is 5.91 Å². The van der Waals surface area contributed by atoms with Gasteiger partial charge >= 0.3 is 0 Å². The van der Waals surface area contributed by atoms with Crippen molar-refractivity contribution >= 4 is 11.6 Å². The fourth-order valence-electron chi connectivity index (χ4n) is 2.40. The van der Waals surface area contributed by atoms with Crippen molar-refractivity contribution in [2.45, 2.75) is 25.4 Å². The third-order valence-electron chi connectivity index (χ3n) is 3.45. The summed E-state index contributed by atoms with van der Waals surface area (Å²) >= 11 is 0. The number of amides is 1. The fourth-order valence-corrected chi connectivity index (χ4v) is 2.40. The molecule has 0 bridgehead atoms. The van der Waals surface area contributed by atoms with E-state index in [1.807, 2.05) is 0 Å². The summed E-state index contributed by atoms with van der Waals surface area (Å²) in [7, 11) is 0. The van der Waals surface area contributed by atoms with E-state index >= 15 is 0 Å². The number of nitrogens with two attached hydrogens (primary N) is 1. The minimum Gasteiger partial charge on any atom is -0.368 e. The Labute approximate surface area is 112 Å². The number of ether oxygens (including phenoxy) is 1. The largest absolute Gasteiger partial charge is 0.368 e. The SMILES string of the molecule is NCC1CCCC1OCC(=O)Nc1ccc(F)cc1. The second kappa shape index (κ2) is 6.63. The normalized spacial score (nSPS) is 22.4. The summed E-state index contributed by atoms with van der Waals surface area (Å²) in [5.74, 6) is -0.195. The summed E-state index contributed by atoms with van der Waals surface area (Å²) in [4.78, 5) is 11.7. The van der Waals surface area contributed by atoms with Crippen molar-refractivity contribution < 1.29 is 13.9 Å².